The third kappa shape index (κ3) is 2.38. The molecule has 24 heavy (non-hydrogen) atoms. The Bertz CT molecular complexity index is 962. The van der Waals surface area contributed by atoms with Gasteiger partial charge in [0.15, 0.2) is 0 Å². The predicted octanol–water partition coefficient (Wildman–Crippen LogP) is 4.96. The van der Waals surface area contributed by atoms with Gasteiger partial charge in [-0.2, -0.15) is 0 Å². The molecule has 2 nitrogen and oxygen atoms in total. The monoisotopic (exact) mass is 317 g/mol. The standard InChI is InChI=1S/C21H16FNO/c1-13-5-4-7-17(16-6-2-3-8-18(16)22)21(13)14-9-10-19-15(11-14)12-20(24)23-19/h2-11H,12H2,1H3,(H,23,24). The van der Waals surface area contributed by atoms with Crippen LogP contribution in [0.25, 0.3) is 22.3 Å². The van der Waals surface area contributed by atoms with Gasteiger partial charge in [0.05, 0.1) is 6.42 Å². The maximum absolute atomic E-state index is 14.3. The summed E-state index contributed by atoms with van der Waals surface area (Å²) in [6.45, 7) is 2.02. The topological polar surface area (TPSA) is 29.1 Å². The van der Waals surface area contributed by atoms with Crippen molar-refractivity contribution in [3.63, 3.8) is 0 Å². The van der Waals surface area contributed by atoms with Crippen LogP contribution in [0.3, 0.4) is 0 Å². The first-order valence-corrected chi connectivity index (χ1v) is 7.91. The van der Waals surface area contributed by atoms with E-state index in [1.165, 1.54) is 6.07 Å². The summed E-state index contributed by atoms with van der Waals surface area (Å²) in [5.74, 6) is -0.219. The lowest BCUT2D eigenvalue weighted by Crippen LogP contribution is -2.03. The molecule has 1 heterocycles. The van der Waals surface area contributed by atoms with Gasteiger partial charge in [-0.3, -0.25) is 4.79 Å². The van der Waals surface area contributed by atoms with Crippen molar-refractivity contribution in [1.82, 2.24) is 0 Å². The number of aryl methyl sites for hydroxylation is 1. The zero-order valence-corrected chi connectivity index (χ0v) is 13.3. The summed E-state index contributed by atoms with van der Waals surface area (Å²) < 4.78 is 14.3. The molecule has 0 unspecified atom stereocenters. The molecule has 0 spiro atoms. The van der Waals surface area contributed by atoms with Gasteiger partial charge < -0.3 is 5.32 Å². The Kier molecular flexibility index (Phi) is 3.42. The largest absolute Gasteiger partial charge is 0.326 e. The lowest BCUT2D eigenvalue weighted by atomic mass is 9.90. The van der Waals surface area contributed by atoms with Crippen molar-refractivity contribution in [1.29, 1.82) is 0 Å². The van der Waals surface area contributed by atoms with E-state index in [2.05, 4.69) is 5.32 Å². The number of hydrogen-bond acceptors (Lipinski definition) is 1. The highest BCUT2D eigenvalue weighted by molar-refractivity contribution is 6.00. The van der Waals surface area contributed by atoms with Gasteiger partial charge in [-0.1, -0.05) is 42.5 Å². The number of rotatable bonds is 2. The van der Waals surface area contributed by atoms with Crippen LogP contribution in [0.1, 0.15) is 11.1 Å². The van der Waals surface area contributed by atoms with Crippen LogP contribution in [-0.4, -0.2) is 5.91 Å². The maximum atomic E-state index is 14.3. The van der Waals surface area contributed by atoms with Crippen LogP contribution in [-0.2, 0) is 11.2 Å². The van der Waals surface area contributed by atoms with Gasteiger partial charge in [0.1, 0.15) is 5.82 Å². The normalized spacial score (nSPS) is 12.8. The van der Waals surface area contributed by atoms with Crippen LogP contribution in [0.5, 0.6) is 0 Å². The van der Waals surface area contributed by atoms with E-state index in [4.69, 9.17) is 0 Å². The lowest BCUT2D eigenvalue weighted by Gasteiger charge is -2.15. The van der Waals surface area contributed by atoms with E-state index >= 15 is 0 Å². The smallest absolute Gasteiger partial charge is 0.228 e. The highest BCUT2D eigenvalue weighted by atomic mass is 19.1. The predicted molar refractivity (Wildman–Crippen MR) is 94.3 cm³/mol. The Morgan fingerprint density at radius 1 is 0.958 bits per heavy atom. The van der Waals surface area contributed by atoms with Gasteiger partial charge >= 0.3 is 0 Å². The first kappa shape index (κ1) is 14.6. The van der Waals surface area contributed by atoms with Crippen LogP contribution in [0.15, 0.2) is 60.7 Å². The molecule has 1 N–H and O–H groups in total. The molecule has 1 aliphatic rings. The van der Waals surface area contributed by atoms with E-state index in [0.29, 0.717) is 12.0 Å². The van der Waals surface area contributed by atoms with Crippen molar-refractivity contribution in [2.45, 2.75) is 13.3 Å². The molecule has 0 saturated carbocycles. The Morgan fingerprint density at radius 2 is 1.75 bits per heavy atom. The molecular formula is C21H16FNO. The minimum atomic E-state index is -0.234. The Balaban J connectivity index is 1.92. The maximum Gasteiger partial charge on any atom is 0.228 e. The molecule has 118 valence electrons. The third-order valence-corrected chi connectivity index (χ3v) is 4.46. The van der Waals surface area contributed by atoms with Gasteiger partial charge in [0.25, 0.3) is 0 Å². The quantitative estimate of drug-likeness (QED) is 0.711. The number of benzene rings is 3. The van der Waals surface area contributed by atoms with E-state index in [-0.39, 0.29) is 11.7 Å². The van der Waals surface area contributed by atoms with Crippen LogP contribution < -0.4 is 5.32 Å². The molecule has 0 aliphatic carbocycles. The minimum absolute atomic E-state index is 0.0151. The Labute approximate surface area is 140 Å². The number of nitrogens with one attached hydrogen (secondary N) is 1. The van der Waals surface area contributed by atoms with Crippen LogP contribution >= 0.6 is 0 Å². The van der Waals surface area contributed by atoms with Gasteiger partial charge in [0, 0.05) is 11.3 Å². The first-order valence-electron chi connectivity index (χ1n) is 7.91. The van der Waals surface area contributed by atoms with E-state index < -0.39 is 0 Å². The van der Waals surface area contributed by atoms with Crippen LogP contribution in [0.4, 0.5) is 10.1 Å². The average molecular weight is 317 g/mol. The van der Waals surface area contributed by atoms with Gasteiger partial charge in [-0.25, -0.2) is 4.39 Å². The molecule has 3 aromatic rings. The van der Waals surface area contributed by atoms with Gasteiger partial charge in [-0.05, 0) is 52.9 Å². The van der Waals surface area contributed by atoms with Crippen molar-refractivity contribution >= 4 is 11.6 Å². The zero-order valence-electron chi connectivity index (χ0n) is 13.3. The molecule has 3 heteroatoms. The molecule has 1 aliphatic heterocycles. The second-order valence-electron chi connectivity index (χ2n) is 6.07. The van der Waals surface area contributed by atoms with Crippen LogP contribution in [0.2, 0.25) is 0 Å². The molecular weight excluding hydrogens is 301 g/mol. The van der Waals surface area contributed by atoms with Crippen molar-refractivity contribution in [2.75, 3.05) is 5.32 Å². The highest BCUT2D eigenvalue weighted by Crippen LogP contribution is 2.38. The van der Waals surface area contributed by atoms with Gasteiger partial charge in [0.2, 0.25) is 5.91 Å². The highest BCUT2D eigenvalue weighted by Gasteiger charge is 2.19. The van der Waals surface area contributed by atoms with E-state index in [0.717, 1.165) is 33.5 Å². The number of hydrogen-bond donors (Lipinski definition) is 1. The fraction of sp³-hybridized carbons (Fsp3) is 0.0952. The lowest BCUT2D eigenvalue weighted by molar-refractivity contribution is -0.115. The number of amides is 1. The average Bonchev–Trinajstić information content (AvgIpc) is 2.94. The molecule has 0 saturated heterocycles. The van der Waals surface area contributed by atoms with Crippen molar-refractivity contribution in [3.05, 3.63) is 77.6 Å². The van der Waals surface area contributed by atoms with Gasteiger partial charge in [-0.15, -0.1) is 0 Å². The summed E-state index contributed by atoms with van der Waals surface area (Å²) in [6.07, 6.45) is 0.393. The van der Waals surface area contributed by atoms with Crippen LogP contribution in [0, 0.1) is 12.7 Å². The molecule has 0 atom stereocenters. The van der Waals surface area contributed by atoms with Crippen molar-refractivity contribution in [3.8, 4) is 22.3 Å². The molecule has 1 amide bonds. The minimum Gasteiger partial charge on any atom is -0.326 e. The second kappa shape index (κ2) is 5.60. The number of halogens is 1. The Hall–Kier alpha value is -2.94. The summed E-state index contributed by atoms with van der Waals surface area (Å²) in [4.78, 5) is 11.6. The van der Waals surface area contributed by atoms with Crippen molar-refractivity contribution < 1.29 is 9.18 Å². The van der Waals surface area contributed by atoms with E-state index in [1.54, 1.807) is 12.1 Å². The first-order chi connectivity index (χ1) is 11.6. The fourth-order valence-electron chi connectivity index (χ4n) is 3.34. The molecule has 0 aromatic heterocycles. The summed E-state index contributed by atoms with van der Waals surface area (Å²) in [6, 6.07) is 18.7. The van der Waals surface area contributed by atoms with Crippen molar-refractivity contribution in [2.24, 2.45) is 0 Å². The molecule has 0 fully saturated rings. The molecule has 3 aromatic carbocycles. The zero-order chi connectivity index (χ0) is 16.7. The Morgan fingerprint density at radius 3 is 2.58 bits per heavy atom. The second-order valence-corrected chi connectivity index (χ2v) is 6.07. The summed E-state index contributed by atoms with van der Waals surface area (Å²) in [7, 11) is 0. The summed E-state index contributed by atoms with van der Waals surface area (Å²) >= 11 is 0. The number of fused-ring (bicyclic) bond motifs is 1. The summed E-state index contributed by atoms with van der Waals surface area (Å²) in [5, 5.41) is 2.85. The number of anilines is 1. The molecule has 4 rings (SSSR count). The third-order valence-electron chi connectivity index (χ3n) is 4.46. The fourth-order valence-corrected chi connectivity index (χ4v) is 3.34. The van der Waals surface area contributed by atoms with E-state index in [1.807, 2.05) is 49.4 Å². The van der Waals surface area contributed by atoms with E-state index in [9.17, 15) is 9.18 Å². The molecule has 0 radical (unpaired) electrons. The number of carbonyl (C=O) groups is 1. The SMILES string of the molecule is Cc1cccc(-c2ccccc2F)c1-c1ccc2c(c1)CC(=O)N2. The summed E-state index contributed by atoms with van der Waals surface area (Å²) in [5.41, 5.74) is 6.39. The number of carbonyl (C=O) groups excluding carboxylic acids is 1. The molecule has 0 bridgehead atoms.